The van der Waals surface area contributed by atoms with Crippen LogP contribution in [0, 0.1) is 6.92 Å². The Bertz CT molecular complexity index is 566. The van der Waals surface area contributed by atoms with E-state index in [9.17, 15) is 0 Å². The zero-order chi connectivity index (χ0) is 13.3. The van der Waals surface area contributed by atoms with Gasteiger partial charge in [0.15, 0.2) is 0 Å². The fourth-order valence-corrected chi connectivity index (χ4v) is 2.84. The lowest BCUT2D eigenvalue weighted by Crippen LogP contribution is -1.94. The zero-order valence-electron chi connectivity index (χ0n) is 10.3. The molecule has 0 saturated heterocycles. The van der Waals surface area contributed by atoms with Gasteiger partial charge in [0.05, 0.1) is 0 Å². The van der Waals surface area contributed by atoms with Crippen LogP contribution in [-0.4, -0.2) is 4.98 Å². The summed E-state index contributed by atoms with van der Waals surface area (Å²) in [5, 5.41) is 3.50. The molecule has 0 radical (unpaired) electrons. The fourth-order valence-electron chi connectivity index (χ4n) is 1.60. The average Bonchev–Trinajstić information content (AvgIpc) is 2.67. The topological polar surface area (TPSA) is 22.1 Å². The summed E-state index contributed by atoms with van der Waals surface area (Å²) in [6, 6.07) is 3.89. The van der Waals surface area contributed by atoms with E-state index in [0.717, 1.165) is 21.9 Å². The maximum atomic E-state index is 6.21. The third-order valence-electron chi connectivity index (χ3n) is 2.57. The minimum atomic E-state index is 0.348. The van der Waals surface area contributed by atoms with E-state index < -0.39 is 0 Å². The number of aromatic nitrogens is 1. The number of benzene rings is 1. The molecule has 0 N–H and O–H groups in total. The Morgan fingerprint density at radius 3 is 2.56 bits per heavy atom. The maximum Gasteiger partial charge on any atom is 0.280 e. The van der Waals surface area contributed by atoms with Crippen LogP contribution < -0.4 is 4.74 Å². The van der Waals surface area contributed by atoms with E-state index in [1.165, 1.54) is 11.3 Å². The first-order chi connectivity index (χ1) is 8.47. The smallest absolute Gasteiger partial charge is 0.280 e. The largest absolute Gasteiger partial charge is 0.431 e. The van der Waals surface area contributed by atoms with Gasteiger partial charge in [-0.25, -0.2) is 0 Å². The van der Waals surface area contributed by atoms with Gasteiger partial charge in [-0.2, -0.15) is 4.98 Å². The quantitative estimate of drug-likeness (QED) is 0.728. The molecule has 0 saturated carbocycles. The van der Waals surface area contributed by atoms with Crippen molar-refractivity contribution in [2.24, 2.45) is 0 Å². The van der Waals surface area contributed by atoms with Crippen molar-refractivity contribution in [3.8, 4) is 10.9 Å². The van der Waals surface area contributed by atoms with Gasteiger partial charge >= 0.3 is 0 Å². The molecule has 1 heterocycles. The van der Waals surface area contributed by atoms with E-state index in [-0.39, 0.29) is 0 Å². The van der Waals surface area contributed by atoms with Crippen LogP contribution in [0.15, 0.2) is 17.5 Å². The highest BCUT2D eigenvalue weighted by atomic mass is 35.5. The summed E-state index contributed by atoms with van der Waals surface area (Å²) in [5.41, 5.74) is 2.05. The summed E-state index contributed by atoms with van der Waals surface area (Å²) in [6.07, 6.45) is 0. The van der Waals surface area contributed by atoms with Crippen molar-refractivity contribution in [1.29, 1.82) is 0 Å². The molecule has 0 atom stereocenters. The van der Waals surface area contributed by atoms with Gasteiger partial charge in [0, 0.05) is 10.4 Å². The molecule has 1 aromatic heterocycles. The average molecular weight is 302 g/mol. The van der Waals surface area contributed by atoms with Gasteiger partial charge in [-0.15, -0.1) is 0 Å². The molecule has 18 heavy (non-hydrogen) atoms. The second-order valence-electron chi connectivity index (χ2n) is 4.33. The molecular weight excluding hydrogens is 289 g/mol. The molecule has 2 aromatic rings. The lowest BCUT2D eigenvalue weighted by atomic mass is 10.0. The molecule has 1 aromatic carbocycles. The summed E-state index contributed by atoms with van der Waals surface area (Å²) >= 11 is 13.4. The molecule has 0 aliphatic rings. The van der Waals surface area contributed by atoms with Crippen LogP contribution in [0.5, 0.6) is 10.9 Å². The van der Waals surface area contributed by atoms with E-state index in [1.54, 1.807) is 5.38 Å². The van der Waals surface area contributed by atoms with Crippen LogP contribution in [0.3, 0.4) is 0 Å². The van der Waals surface area contributed by atoms with Gasteiger partial charge in [-0.3, -0.25) is 0 Å². The predicted octanol–water partition coefficient (Wildman–Crippen LogP) is 5.67. The summed E-state index contributed by atoms with van der Waals surface area (Å²) in [6.45, 7) is 6.15. The van der Waals surface area contributed by atoms with E-state index in [0.29, 0.717) is 16.3 Å². The SMILES string of the molecule is Cc1cc(Cl)c(C(C)C)cc1Oc1nc(Cl)cs1. The van der Waals surface area contributed by atoms with Crippen LogP contribution in [0.25, 0.3) is 0 Å². The Labute approximate surface area is 121 Å². The lowest BCUT2D eigenvalue weighted by Gasteiger charge is -2.13. The van der Waals surface area contributed by atoms with E-state index >= 15 is 0 Å². The number of halogens is 2. The molecule has 96 valence electrons. The van der Waals surface area contributed by atoms with Crippen molar-refractivity contribution in [3.05, 3.63) is 38.8 Å². The number of aryl methyl sites for hydroxylation is 1. The van der Waals surface area contributed by atoms with Crippen LogP contribution in [0.4, 0.5) is 0 Å². The highest BCUT2D eigenvalue weighted by Crippen LogP contribution is 2.35. The number of rotatable bonds is 3. The van der Waals surface area contributed by atoms with Gasteiger partial charge in [0.25, 0.3) is 5.19 Å². The van der Waals surface area contributed by atoms with Crippen LogP contribution in [0.2, 0.25) is 10.2 Å². The summed E-state index contributed by atoms with van der Waals surface area (Å²) < 4.78 is 5.74. The molecule has 0 fully saturated rings. The van der Waals surface area contributed by atoms with Crippen LogP contribution in [-0.2, 0) is 0 Å². The second kappa shape index (κ2) is 5.47. The fraction of sp³-hybridized carbons (Fsp3) is 0.308. The first-order valence-corrected chi connectivity index (χ1v) is 7.20. The van der Waals surface area contributed by atoms with Crippen molar-refractivity contribution >= 4 is 34.5 Å². The second-order valence-corrected chi connectivity index (χ2v) is 5.95. The highest BCUT2D eigenvalue weighted by Gasteiger charge is 2.12. The lowest BCUT2D eigenvalue weighted by molar-refractivity contribution is 0.474. The monoisotopic (exact) mass is 301 g/mol. The molecule has 0 aliphatic heterocycles. The Kier molecular flexibility index (Phi) is 4.15. The van der Waals surface area contributed by atoms with Crippen molar-refractivity contribution in [3.63, 3.8) is 0 Å². The molecule has 2 nitrogen and oxygen atoms in total. The Morgan fingerprint density at radius 1 is 1.28 bits per heavy atom. The standard InChI is InChI=1S/C13H13Cl2NOS/c1-7(2)9-5-11(8(3)4-10(9)14)17-13-16-12(15)6-18-13/h4-7H,1-3H3. The minimum absolute atomic E-state index is 0.348. The van der Waals surface area contributed by atoms with Crippen molar-refractivity contribution in [2.45, 2.75) is 26.7 Å². The predicted molar refractivity (Wildman–Crippen MR) is 77.5 cm³/mol. The summed E-state index contributed by atoms with van der Waals surface area (Å²) in [5.74, 6) is 1.12. The van der Waals surface area contributed by atoms with Gasteiger partial charge < -0.3 is 4.74 Å². The first-order valence-electron chi connectivity index (χ1n) is 5.56. The van der Waals surface area contributed by atoms with E-state index in [4.69, 9.17) is 27.9 Å². The van der Waals surface area contributed by atoms with Gasteiger partial charge in [0.1, 0.15) is 10.9 Å². The number of ether oxygens (including phenoxy) is 1. The van der Waals surface area contributed by atoms with Crippen LogP contribution >= 0.6 is 34.5 Å². The van der Waals surface area contributed by atoms with Crippen molar-refractivity contribution in [2.75, 3.05) is 0 Å². The van der Waals surface area contributed by atoms with Crippen molar-refractivity contribution in [1.82, 2.24) is 4.98 Å². The third-order valence-corrected chi connectivity index (χ3v) is 3.94. The molecule has 0 aliphatic carbocycles. The Hall–Kier alpha value is -0.770. The molecule has 2 rings (SSSR count). The minimum Gasteiger partial charge on any atom is -0.431 e. The maximum absolute atomic E-state index is 6.21. The molecular formula is C13H13Cl2NOS. The zero-order valence-corrected chi connectivity index (χ0v) is 12.7. The Balaban J connectivity index is 2.35. The van der Waals surface area contributed by atoms with Gasteiger partial charge in [0.2, 0.25) is 0 Å². The summed E-state index contributed by atoms with van der Waals surface area (Å²) in [7, 11) is 0. The van der Waals surface area contributed by atoms with Gasteiger partial charge in [-0.1, -0.05) is 48.4 Å². The number of hydrogen-bond donors (Lipinski definition) is 0. The van der Waals surface area contributed by atoms with E-state index in [2.05, 4.69) is 18.8 Å². The molecule has 0 unspecified atom stereocenters. The number of nitrogens with zero attached hydrogens (tertiary/aromatic N) is 1. The molecule has 0 amide bonds. The number of thiazole rings is 1. The Morgan fingerprint density at radius 2 is 2.00 bits per heavy atom. The molecule has 0 bridgehead atoms. The normalized spacial score (nSPS) is 11.0. The third kappa shape index (κ3) is 2.97. The number of hydrogen-bond acceptors (Lipinski definition) is 3. The molecule has 5 heteroatoms. The van der Waals surface area contributed by atoms with Crippen molar-refractivity contribution < 1.29 is 4.74 Å². The first kappa shape index (κ1) is 13.7. The van der Waals surface area contributed by atoms with E-state index in [1.807, 2.05) is 19.1 Å². The molecule has 0 spiro atoms. The highest BCUT2D eigenvalue weighted by molar-refractivity contribution is 7.11. The van der Waals surface area contributed by atoms with Crippen LogP contribution in [0.1, 0.15) is 30.9 Å². The summed E-state index contributed by atoms with van der Waals surface area (Å²) in [4.78, 5) is 4.07. The van der Waals surface area contributed by atoms with Gasteiger partial charge in [-0.05, 0) is 36.1 Å².